The average Bonchev–Trinajstić information content (AvgIpc) is 2.43. The maximum Gasteiger partial charge on any atom is 0.0947 e. The lowest BCUT2D eigenvalue weighted by molar-refractivity contribution is 0.206. The number of nitrogens with two attached hydrogens (primary N) is 1. The highest BCUT2D eigenvalue weighted by Gasteiger charge is 2.18. The fourth-order valence-electron chi connectivity index (χ4n) is 2.63. The van der Waals surface area contributed by atoms with Gasteiger partial charge in [-0.05, 0) is 44.9 Å². The van der Waals surface area contributed by atoms with E-state index in [0.29, 0.717) is 6.04 Å². The number of hydrogen-bond acceptors (Lipinski definition) is 3. The Morgan fingerprint density at radius 1 is 1.37 bits per heavy atom. The normalized spacial score (nSPS) is 19.2. The van der Waals surface area contributed by atoms with Crippen LogP contribution in [0, 0.1) is 11.3 Å². The molecule has 0 aromatic rings. The molecular weight excluding hydrogens is 234 g/mol. The summed E-state index contributed by atoms with van der Waals surface area (Å²) >= 11 is 0. The summed E-state index contributed by atoms with van der Waals surface area (Å²) in [5, 5.41) is 9.04. The van der Waals surface area contributed by atoms with Gasteiger partial charge in [-0.1, -0.05) is 26.2 Å². The van der Waals surface area contributed by atoms with Crippen LogP contribution in [0.5, 0.6) is 0 Å². The van der Waals surface area contributed by atoms with Crippen LogP contribution in [0.3, 0.4) is 0 Å². The minimum absolute atomic E-state index is 0.670. The van der Waals surface area contributed by atoms with E-state index < -0.39 is 0 Å². The highest BCUT2D eigenvalue weighted by atomic mass is 15.1. The summed E-state index contributed by atoms with van der Waals surface area (Å²) in [5.74, 6) is 0. The van der Waals surface area contributed by atoms with E-state index in [1.54, 1.807) is 0 Å². The van der Waals surface area contributed by atoms with Gasteiger partial charge in [0.1, 0.15) is 0 Å². The average molecular weight is 261 g/mol. The van der Waals surface area contributed by atoms with Crippen LogP contribution < -0.4 is 5.73 Å². The standard InChI is InChI=1S/C16H27N3/c1-4-14(11-17)10-15(13(2)18)12-19(3)16-8-6-5-7-9-16/h10,16H,4-9,12,18H2,1-3H3/b14-10+,15-13-. The van der Waals surface area contributed by atoms with Crippen molar-refractivity contribution in [2.75, 3.05) is 13.6 Å². The Bertz CT molecular complexity index is 377. The van der Waals surface area contributed by atoms with E-state index in [0.717, 1.165) is 29.8 Å². The summed E-state index contributed by atoms with van der Waals surface area (Å²) in [5.41, 5.74) is 8.69. The third kappa shape index (κ3) is 5.08. The molecule has 1 aliphatic carbocycles. The van der Waals surface area contributed by atoms with Crippen LogP contribution in [0.1, 0.15) is 52.4 Å². The number of nitrogens with zero attached hydrogens (tertiary/aromatic N) is 2. The van der Waals surface area contributed by atoms with Gasteiger partial charge in [0.2, 0.25) is 0 Å². The monoisotopic (exact) mass is 261 g/mol. The first-order valence-electron chi connectivity index (χ1n) is 7.34. The zero-order chi connectivity index (χ0) is 14.3. The lowest BCUT2D eigenvalue weighted by Gasteiger charge is -2.31. The molecule has 0 spiro atoms. The molecule has 1 aliphatic rings. The molecule has 0 aromatic carbocycles. The Hall–Kier alpha value is -1.27. The first-order valence-corrected chi connectivity index (χ1v) is 7.34. The molecule has 0 aromatic heterocycles. The molecule has 1 rings (SSSR count). The second-order valence-corrected chi connectivity index (χ2v) is 5.55. The van der Waals surface area contributed by atoms with Gasteiger partial charge in [-0.2, -0.15) is 5.26 Å². The molecule has 3 heteroatoms. The maximum absolute atomic E-state index is 9.04. The summed E-state index contributed by atoms with van der Waals surface area (Å²) < 4.78 is 0. The molecule has 0 heterocycles. The minimum atomic E-state index is 0.670. The zero-order valence-corrected chi connectivity index (χ0v) is 12.6. The Labute approximate surface area is 117 Å². The van der Waals surface area contributed by atoms with Crippen molar-refractivity contribution in [2.24, 2.45) is 5.73 Å². The number of nitriles is 1. The van der Waals surface area contributed by atoms with Crippen molar-refractivity contribution in [2.45, 2.75) is 58.4 Å². The Morgan fingerprint density at radius 2 is 2.00 bits per heavy atom. The number of allylic oxidation sites excluding steroid dienone is 2. The summed E-state index contributed by atoms with van der Waals surface area (Å²) in [6, 6.07) is 2.91. The highest BCUT2D eigenvalue weighted by molar-refractivity contribution is 5.34. The van der Waals surface area contributed by atoms with Crippen molar-refractivity contribution in [3.05, 3.63) is 22.9 Å². The molecule has 0 amide bonds. The quantitative estimate of drug-likeness (QED) is 0.610. The van der Waals surface area contributed by atoms with Crippen molar-refractivity contribution in [1.82, 2.24) is 4.90 Å². The first kappa shape index (κ1) is 15.8. The van der Waals surface area contributed by atoms with Crippen LogP contribution in [0.4, 0.5) is 0 Å². The molecule has 3 nitrogen and oxygen atoms in total. The van der Waals surface area contributed by atoms with Gasteiger partial charge >= 0.3 is 0 Å². The Morgan fingerprint density at radius 3 is 2.47 bits per heavy atom. The van der Waals surface area contributed by atoms with E-state index in [1.165, 1.54) is 32.1 Å². The molecule has 19 heavy (non-hydrogen) atoms. The van der Waals surface area contributed by atoms with Gasteiger partial charge in [-0.3, -0.25) is 4.90 Å². The lowest BCUT2D eigenvalue weighted by atomic mass is 9.94. The second-order valence-electron chi connectivity index (χ2n) is 5.55. The Kier molecular flexibility index (Phi) is 6.66. The van der Waals surface area contributed by atoms with Crippen molar-refractivity contribution >= 4 is 0 Å². The number of hydrogen-bond donors (Lipinski definition) is 1. The topological polar surface area (TPSA) is 53.0 Å². The van der Waals surface area contributed by atoms with Crippen LogP contribution in [-0.2, 0) is 0 Å². The van der Waals surface area contributed by atoms with Gasteiger partial charge in [0.05, 0.1) is 6.07 Å². The third-order valence-electron chi connectivity index (χ3n) is 4.00. The molecular formula is C16H27N3. The third-order valence-corrected chi connectivity index (χ3v) is 4.00. The number of rotatable bonds is 5. The van der Waals surface area contributed by atoms with Gasteiger partial charge in [0.15, 0.2) is 0 Å². The van der Waals surface area contributed by atoms with Crippen molar-refractivity contribution in [1.29, 1.82) is 5.26 Å². The van der Waals surface area contributed by atoms with Gasteiger partial charge in [0, 0.05) is 23.9 Å². The molecule has 0 unspecified atom stereocenters. The van der Waals surface area contributed by atoms with Crippen molar-refractivity contribution in [3.63, 3.8) is 0 Å². The maximum atomic E-state index is 9.04. The molecule has 106 valence electrons. The van der Waals surface area contributed by atoms with Gasteiger partial charge in [0.25, 0.3) is 0 Å². The van der Waals surface area contributed by atoms with Crippen LogP contribution in [0.15, 0.2) is 22.9 Å². The molecule has 1 fully saturated rings. The number of likely N-dealkylation sites (N-methyl/N-ethyl adjacent to an activating group) is 1. The SMILES string of the molecule is CC/C(C#N)=C\C(CN(C)C1CCCCC1)=C(/C)N. The molecule has 0 aliphatic heterocycles. The molecule has 0 saturated heterocycles. The zero-order valence-electron chi connectivity index (χ0n) is 12.6. The van der Waals surface area contributed by atoms with Crippen LogP contribution >= 0.6 is 0 Å². The molecule has 0 radical (unpaired) electrons. The van der Waals surface area contributed by atoms with E-state index in [-0.39, 0.29) is 0 Å². The summed E-state index contributed by atoms with van der Waals surface area (Å²) in [6.07, 6.45) is 9.35. The van der Waals surface area contributed by atoms with Gasteiger partial charge in [-0.15, -0.1) is 0 Å². The molecule has 0 bridgehead atoms. The smallest absolute Gasteiger partial charge is 0.0947 e. The lowest BCUT2D eigenvalue weighted by Crippen LogP contribution is -2.35. The molecule has 1 saturated carbocycles. The Balaban J connectivity index is 2.72. The van der Waals surface area contributed by atoms with Crippen molar-refractivity contribution < 1.29 is 0 Å². The largest absolute Gasteiger partial charge is 0.402 e. The van der Waals surface area contributed by atoms with Crippen LogP contribution in [0.25, 0.3) is 0 Å². The highest BCUT2D eigenvalue weighted by Crippen LogP contribution is 2.22. The molecule has 0 atom stereocenters. The summed E-state index contributed by atoms with van der Waals surface area (Å²) in [6.45, 7) is 4.77. The van der Waals surface area contributed by atoms with Crippen LogP contribution in [0.2, 0.25) is 0 Å². The van der Waals surface area contributed by atoms with E-state index >= 15 is 0 Å². The predicted octanol–water partition coefficient (Wildman–Crippen LogP) is 3.34. The van der Waals surface area contributed by atoms with E-state index in [9.17, 15) is 0 Å². The second kappa shape index (κ2) is 8.01. The molecule has 2 N–H and O–H groups in total. The summed E-state index contributed by atoms with van der Waals surface area (Å²) in [4.78, 5) is 2.39. The van der Waals surface area contributed by atoms with E-state index in [2.05, 4.69) is 18.0 Å². The predicted molar refractivity (Wildman–Crippen MR) is 80.4 cm³/mol. The van der Waals surface area contributed by atoms with Gasteiger partial charge < -0.3 is 5.73 Å². The fraction of sp³-hybridized carbons (Fsp3) is 0.688. The van der Waals surface area contributed by atoms with Crippen LogP contribution in [-0.4, -0.2) is 24.5 Å². The first-order chi connectivity index (χ1) is 9.08. The summed E-state index contributed by atoms with van der Waals surface area (Å²) in [7, 11) is 2.17. The fourth-order valence-corrected chi connectivity index (χ4v) is 2.63. The van der Waals surface area contributed by atoms with E-state index in [4.69, 9.17) is 11.0 Å². The van der Waals surface area contributed by atoms with E-state index in [1.807, 2.05) is 19.9 Å². The minimum Gasteiger partial charge on any atom is -0.402 e. The van der Waals surface area contributed by atoms with Gasteiger partial charge in [-0.25, -0.2) is 0 Å². The van der Waals surface area contributed by atoms with Crippen molar-refractivity contribution in [3.8, 4) is 6.07 Å².